The quantitative estimate of drug-likeness (QED) is 0.109. The lowest BCUT2D eigenvalue weighted by Crippen LogP contribution is -2.43. The summed E-state index contributed by atoms with van der Waals surface area (Å²) < 4.78 is 18.0. The van der Waals surface area contributed by atoms with E-state index >= 15 is 0 Å². The van der Waals surface area contributed by atoms with Crippen LogP contribution < -0.4 is 25.8 Å². The molecule has 17 heteroatoms. The van der Waals surface area contributed by atoms with Crippen molar-refractivity contribution in [3.63, 3.8) is 0 Å². The van der Waals surface area contributed by atoms with Gasteiger partial charge in [0.2, 0.25) is 11.8 Å². The minimum Gasteiger partial charge on any atom is -0.481 e. The van der Waals surface area contributed by atoms with E-state index in [4.69, 9.17) is 47.4 Å². The predicted octanol–water partition coefficient (Wildman–Crippen LogP) is 8.20. The molecule has 4 heterocycles. The first-order valence-corrected chi connectivity index (χ1v) is 21.1. The van der Waals surface area contributed by atoms with Crippen LogP contribution in [-0.2, 0) is 20.8 Å². The van der Waals surface area contributed by atoms with E-state index in [1.54, 1.807) is 82.8 Å². The van der Waals surface area contributed by atoms with E-state index < -0.39 is 28.9 Å². The van der Waals surface area contributed by atoms with Crippen molar-refractivity contribution in [1.29, 1.82) is 0 Å². The fourth-order valence-electron chi connectivity index (χ4n) is 7.08. The Morgan fingerprint density at radius 1 is 0.921 bits per heavy atom. The third-order valence-corrected chi connectivity index (χ3v) is 10.8. The highest BCUT2D eigenvalue weighted by molar-refractivity contribution is 6.39. The maximum atomic E-state index is 13.5. The number of hydrogen-bond acceptors (Lipinski definition) is 11. The summed E-state index contributed by atoms with van der Waals surface area (Å²) in [5, 5.41) is 6.37. The van der Waals surface area contributed by atoms with E-state index in [1.165, 1.54) is 11.5 Å². The smallest absolute Gasteiger partial charge is 0.410 e. The number of nitrogens with one attached hydrogen (secondary N) is 2. The van der Waals surface area contributed by atoms with E-state index in [-0.39, 0.29) is 61.0 Å². The number of anilines is 1. The second-order valence-corrected chi connectivity index (χ2v) is 17.9. The molecule has 1 aliphatic heterocycles. The number of rotatable bonds is 13. The molecule has 3 aromatic heterocycles. The van der Waals surface area contributed by atoms with E-state index in [2.05, 4.69) is 10.6 Å². The second-order valence-electron chi connectivity index (χ2n) is 17.1. The third kappa shape index (κ3) is 11.1. The molecule has 0 spiro atoms. The molecule has 1 aliphatic rings. The number of carbonyl (C=O) groups is 4. The summed E-state index contributed by atoms with van der Waals surface area (Å²) in [4.78, 5) is 75.8. The molecule has 0 unspecified atom stereocenters. The molecule has 0 radical (unpaired) electrons. The number of fused-ring (bicyclic) bond motifs is 1. The van der Waals surface area contributed by atoms with E-state index in [9.17, 15) is 24.0 Å². The summed E-state index contributed by atoms with van der Waals surface area (Å²) >= 11 is 14.4. The molecule has 0 aliphatic carbocycles. The molecule has 15 nitrogen and oxygen atoms in total. The Morgan fingerprint density at radius 3 is 2.19 bits per heavy atom. The van der Waals surface area contributed by atoms with Crippen molar-refractivity contribution in [3.05, 3.63) is 98.4 Å². The van der Waals surface area contributed by atoms with Crippen molar-refractivity contribution in [3.8, 4) is 39.4 Å². The average molecular weight is 901 g/mol. The summed E-state index contributed by atoms with van der Waals surface area (Å²) in [5.41, 5.74) is 2.51. The van der Waals surface area contributed by atoms with Gasteiger partial charge < -0.3 is 34.6 Å². The molecule has 1 saturated heterocycles. The van der Waals surface area contributed by atoms with Gasteiger partial charge in [0.15, 0.2) is 6.29 Å². The van der Waals surface area contributed by atoms with Gasteiger partial charge in [-0.2, -0.15) is 0 Å². The third-order valence-electron chi connectivity index (χ3n) is 9.99. The first-order chi connectivity index (χ1) is 29.8. The number of carbonyl (C=O) groups excluding carboxylic acids is 4. The summed E-state index contributed by atoms with van der Waals surface area (Å²) in [6.07, 6.45) is 1.91. The number of likely N-dealkylation sites (N-methyl/N-ethyl adjacent to an activating group) is 1. The number of pyridine rings is 2. The molecule has 0 saturated carbocycles. The summed E-state index contributed by atoms with van der Waals surface area (Å²) in [5.74, 6) is 0.384. The van der Waals surface area contributed by atoms with Gasteiger partial charge in [0, 0.05) is 73.2 Å². The summed E-state index contributed by atoms with van der Waals surface area (Å²) in [7, 11) is 3.17. The lowest BCUT2D eigenvalue weighted by Gasteiger charge is -2.29. The van der Waals surface area contributed by atoms with Crippen molar-refractivity contribution >= 4 is 59.0 Å². The van der Waals surface area contributed by atoms with Gasteiger partial charge >= 0.3 is 12.2 Å². The molecule has 1 fully saturated rings. The van der Waals surface area contributed by atoms with Gasteiger partial charge in [0.05, 0.1) is 29.4 Å². The van der Waals surface area contributed by atoms with Gasteiger partial charge in [-0.05, 0) is 77.8 Å². The number of methoxy groups -OCH3 is 1. The van der Waals surface area contributed by atoms with Crippen LogP contribution in [0.4, 0.5) is 15.4 Å². The SMILES string of the molecule is COc1nc(-c2cccc(-c3cccc(-c4ccn5c(=O)c(C=O)c(N(C)CCNC(=O)OC(C)(C)C)nc5c4)c3Cl)c2Cl)ccc1CN(C[C@@H]1CCC(=O)N1)C(=O)OC(C)(C)C. The Morgan fingerprint density at radius 2 is 1.57 bits per heavy atom. The van der Waals surface area contributed by atoms with Crippen molar-refractivity contribution in [2.75, 3.05) is 38.7 Å². The van der Waals surface area contributed by atoms with Crippen LogP contribution in [0, 0.1) is 0 Å². The zero-order chi connectivity index (χ0) is 45.8. The van der Waals surface area contributed by atoms with Crippen LogP contribution in [0.3, 0.4) is 0 Å². The predicted molar refractivity (Wildman–Crippen MR) is 243 cm³/mol. The van der Waals surface area contributed by atoms with Crippen molar-refractivity contribution in [2.24, 2.45) is 0 Å². The zero-order valence-corrected chi connectivity index (χ0v) is 38.0. The number of aldehydes is 1. The monoisotopic (exact) mass is 899 g/mol. The lowest BCUT2D eigenvalue weighted by atomic mass is 9.97. The number of amides is 3. The van der Waals surface area contributed by atoms with Crippen LogP contribution in [0.5, 0.6) is 5.88 Å². The number of nitrogens with zero attached hydrogens (tertiary/aromatic N) is 5. The van der Waals surface area contributed by atoms with Gasteiger partial charge in [0.25, 0.3) is 5.56 Å². The normalized spacial score (nSPS) is 13.9. The Balaban J connectivity index is 1.28. The average Bonchev–Trinajstić information content (AvgIpc) is 3.63. The van der Waals surface area contributed by atoms with Crippen molar-refractivity contribution in [2.45, 2.75) is 78.2 Å². The molecule has 2 N–H and O–H groups in total. The number of halogens is 2. The van der Waals surface area contributed by atoms with Crippen LogP contribution >= 0.6 is 23.2 Å². The molecule has 63 heavy (non-hydrogen) atoms. The molecular weight excluding hydrogens is 849 g/mol. The second kappa shape index (κ2) is 19.1. The zero-order valence-electron chi connectivity index (χ0n) is 36.5. The van der Waals surface area contributed by atoms with Gasteiger partial charge in [0.1, 0.15) is 28.2 Å². The minimum absolute atomic E-state index is 0.0544. The van der Waals surface area contributed by atoms with Gasteiger partial charge in [-0.15, -0.1) is 0 Å². The van der Waals surface area contributed by atoms with E-state index in [0.29, 0.717) is 68.2 Å². The Hall–Kier alpha value is -6.19. The number of hydrogen-bond donors (Lipinski definition) is 2. The number of alkyl carbamates (subject to hydrolysis) is 1. The van der Waals surface area contributed by atoms with Crippen LogP contribution in [0.15, 0.2) is 71.7 Å². The van der Waals surface area contributed by atoms with Crippen molar-refractivity contribution in [1.82, 2.24) is 29.9 Å². The molecule has 332 valence electrons. The number of benzene rings is 2. The Labute approximate surface area is 375 Å². The highest BCUT2D eigenvalue weighted by Crippen LogP contribution is 2.42. The maximum Gasteiger partial charge on any atom is 0.410 e. The Kier molecular flexibility index (Phi) is 14.0. The number of aromatic nitrogens is 3. The van der Waals surface area contributed by atoms with Gasteiger partial charge in [-0.25, -0.2) is 19.6 Å². The molecule has 5 aromatic rings. The van der Waals surface area contributed by atoms with E-state index in [0.717, 1.165) is 0 Å². The topological polar surface area (TPSA) is 174 Å². The fourth-order valence-corrected chi connectivity index (χ4v) is 7.74. The van der Waals surface area contributed by atoms with Gasteiger partial charge in [-0.3, -0.25) is 18.8 Å². The van der Waals surface area contributed by atoms with Gasteiger partial charge in [-0.1, -0.05) is 59.6 Å². The lowest BCUT2D eigenvalue weighted by molar-refractivity contribution is -0.119. The van der Waals surface area contributed by atoms with Crippen LogP contribution in [0.2, 0.25) is 10.0 Å². The summed E-state index contributed by atoms with van der Waals surface area (Å²) in [6.45, 7) is 11.5. The van der Waals surface area contributed by atoms with Crippen LogP contribution in [-0.4, -0.2) is 94.7 Å². The maximum absolute atomic E-state index is 13.5. The molecule has 3 amide bonds. The first kappa shape index (κ1) is 46.3. The standard InChI is InChI=1S/C46H51Cl2N7O8/c1-45(2,3)62-43(59)49-20-22-53(7)40-34(26-56)42(58)55-21-19-27(23-36(55)52-40)30-11-9-12-31(38(30)47)32-13-10-14-33(39(32)48)35-17-15-28(41(51-35)61-8)24-54(44(60)63-46(4,5)6)25-29-16-18-37(57)50-29/h9-15,17,19,21,23,26,29H,16,18,20,22,24-25H2,1-8H3,(H,49,59)(H,50,57)/t29-/m0/s1. The van der Waals surface area contributed by atoms with Crippen molar-refractivity contribution < 1.29 is 33.4 Å². The molecule has 2 aromatic carbocycles. The van der Waals surface area contributed by atoms with E-state index in [1.807, 2.05) is 42.5 Å². The number of ether oxygens (including phenoxy) is 3. The molecule has 6 rings (SSSR count). The fraction of sp³-hybridized carbons (Fsp3) is 0.370. The molecule has 0 bridgehead atoms. The largest absolute Gasteiger partial charge is 0.481 e. The van der Waals surface area contributed by atoms with Crippen LogP contribution in [0.1, 0.15) is 70.3 Å². The molecule has 1 atom stereocenters. The highest BCUT2D eigenvalue weighted by Gasteiger charge is 2.30. The summed E-state index contributed by atoms with van der Waals surface area (Å²) in [6, 6.07) is 17.9. The first-order valence-electron chi connectivity index (χ1n) is 20.4. The Bertz CT molecular complexity index is 2620. The minimum atomic E-state index is -0.729. The van der Waals surface area contributed by atoms with Crippen LogP contribution in [0.25, 0.3) is 39.2 Å². The molecular formula is C46H51Cl2N7O8. The highest BCUT2D eigenvalue weighted by atomic mass is 35.5.